The molecule has 2 heterocycles. The summed E-state index contributed by atoms with van der Waals surface area (Å²) >= 11 is 5.50. The van der Waals surface area contributed by atoms with Crippen LogP contribution in [0.1, 0.15) is 5.56 Å². The number of aromatic nitrogens is 3. The molecule has 0 radical (unpaired) electrons. The minimum absolute atomic E-state index is 0.208. The Morgan fingerprint density at radius 2 is 2.00 bits per heavy atom. The largest absolute Gasteiger partial charge is 0.417 e. The summed E-state index contributed by atoms with van der Waals surface area (Å²) < 4.78 is 37.6. The number of hydrogen-bond donors (Lipinski definition) is 0. The van der Waals surface area contributed by atoms with Gasteiger partial charge in [-0.25, -0.2) is 4.98 Å². The van der Waals surface area contributed by atoms with E-state index in [1.54, 1.807) is 0 Å². The van der Waals surface area contributed by atoms with E-state index in [0.717, 1.165) is 16.5 Å². The van der Waals surface area contributed by atoms with Gasteiger partial charge in [-0.3, -0.25) is 0 Å². The molecule has 0 bridgehead atoms. The molecule has 0 N–H and O–H groups in total. The number of halogens is 4. The highest BCUT2D eigenvalue weighted by Gasteiger charge is 2.31. The van der Waals surface area contributed by atoms with Crippen LogP contribution in [0.25, 0.3) is 11.0 Å². The maximum atomic E-state index is 12.2. The lowest BCUT2D eigenvalue weighted by atomic mass is 10.2. The van der Waals surface area contributed by atoms with Gasteiger partial charge in [0, 0.05) is 23.4 Å². The Kier molecular flexibility index (Phi) is 1.88. The maximum absolute atomic E-state index is 12.2. The summed E-state index contributed by atoms with van der Waals surface area (Å²) in [6.45, 7) is 0. The van der Waals surface area contributed by atoms with Gasteiger partial charge in [-0.2, -0.15) is 22.5 Å². The molecular weight excluding hydrogens is 219 g/mol. The monoisotopic (exact) mass is 221 g/mol. The molecule has 0 aliphatic rings. The summed E-state index contributed by atoms with van der Waals surface area (Å²) in [6.07, 6.45) is -2.44. The molecule has 0 aromatic carbocycles. The highest BCUT2D eigenvalue weighted by molar-refractivity contribution is 6.17. The van der Waals surface area contributed by atoms with Gasteiger partial charge in [0.2, 0.25) is 0 Å². The molecule has 7 heteroatoms. The molecule has 0 unspecified atom stereocenters. The SMILES string of the molecule is FC(F)(F)c1cnc2c(cnn2Cl)c1. The van der Waals surface area contributed by atoms with E-state index in [1.807, 2.05) is 0 Å². The highest BCUT2D eigenvalue weighted by Crippen LogP contribution is 2.30. The Morgan fingerprint density at radius 3 is 2.64 bits per heavy atom. The number of alkyl halides is 3. The van der Waals surface area contributed by atoms with Gasteiger partial charge in [0.05, 0.1) is 11.8 Å². The molecule has 74 valence electrons. The van der Waals surface area contributed by atoms with Gasteiger partial charge < -0.3 is 0 Å². The van der Waals surface area contributed by atoms with Crippen LogP contribution in [0.4, 0.5) is 13.2 Å². The number of rotatable bonds is 0. The van der Waals surface area contributed by atoms with Crippen molar-refractivity contribution in [1.29, 1.82) is 0 Å². The normalized spacial score (nSPS) is 12.3. The predicted molar refractivity (Wildman–Crippen MR) is 43.8 cm³/mol. The van der Waals surface area contributed by atoms with Gasteiger partial charge in [-0.1, -0.05) is 0 Å². The summed E-state index contributed by atoms with van der Waals surface area (Å²) in [4.78, 5) is 3.56. The van der Waals surface area contributed by atoms with Gasteiger partial charge in [-0.15, -0.1) is 0 Å². The second-order valence-electron chi connectivity index (χ2n) is 2.64. The van der Waals surface area contributed by atoms with Crippen LogP contribution in [0.2, 0.25) is 0 Å². The van der Waals surface area contributed by atoms with Gasteiger partial charge in [-0.05, 0) is 6.07 Å². The van der Waals surface area contributed by atoms with Crippen molar-refractivity contribution >= 4 is 22.8 Å². The summed E-state index contributed by atoms with van der Waals surface area (Å²) in [5, 5.41) is 3.83. The molecule has 0 saturated carbocycles. The lowest BCUT2D eigenvalue weighted by Gasteiger charge is -2.04. The first-order chi connectivity index (χ1) is 6.48. The van der Waals surface area contributed by atoms with Gasteiger partial charge >= 0.3 is 6.18 Å². The molecule has 0 spiro atoms. The van der Waals surface area contributed by atoms with Gasteiger partial charge in [0.25, 0.3) is 0 Å². The molecule has 2 aromatic rings. The van der Waals surface area contributed by atoms with Crippen LogP contribution in [0, 0.1) is 0 Å². The van der Waals surface area contributed by atoms with Crippen molar-refractivity contribution < 1.29 is 13.2 Å². The van der Waals surface area contributed by atoms with E-state index < -0.39 is 11.7 Å². The molecule has 0 saturated heterocycles. The third-order valence-electron chi connectivity index (χ3n) is 1.70. The van der Waals surface area contributed by atoms with Crippen LogP contribution in [0.3, 0.4) is 0 Å². The molecule has 2 rings (SSSR count). The van der Waals surface area contributed by atoms with Crippen molar-refractivity contribution in [3.8, 4) is 0 Å². The van der Waals surface area contributed by atoms with Crippen molar-refractivity contribution in [2.45, 2.75) is 6.18 Å². The first-order valence-corrected chi connectivity index (χ1v) is 3.89. The first kappa shape index (κ1) is 9.26. The summed E-state index contributed by atoms with van der Waals surface area (Å²) in [5.74, 6) is 0. The van der Waals surface area contributed by atoms with Crippen LogP contribution < -0.4 is 0 Å². The smallest absolute Gasteiger partial charge is 0.235 e. The fraction of sp³-hybridized carbons (Fsp3) is 0.143. The lowest BCUT2D eigenvalue weighted by Crippen LogP contribution is -2.05. The first-order valence-electron chi connectivity index (χ1n) is 3.55. The van der Waals surface area contributed by atoms with E-state index in [9.17, 15) is 13.2 Å². The van der Waals surface area contributed by atoms with E-state index >= 15 is 0 Å². The molecule has 3 nitrogen and oxygen atoms in total. The molecule has 0 aliphatic carbocycles. The second kappa shape index (κ2) is 2.84. The van der Waals surface area contributed by atoms with E-state index in [2.05, 4.69) is 10.1 Å². The lowest BCUT2D eigenvalue weighted by molar-refractivity contribution is -0.137. The summed E-state index contributed by atoms with van der Waals surface area (Å²) in [7, 11) is 0. The van der Waals surface area contributed by atoms with Crippen molar-refractivity contribution in [1.82, 2.24) is 14.3 Å². The van der Waals surface area contributed by atoms with Crippen LogP contribution in [-0.2, 0) is 6.18 Å². The third kappa shape index (κ3) is 1.41. The fourth-order valence-corrected chi connectivity index (χ4v) is 1.23. The summed E-state index contributed by atoms with van der Waals surface area (Å²) in [6, 6.07) is 0.953. The van der Waals surface area contributed by atoms with E-state index in [-0.39, 0.29) is 11.0 Å². The predicted octanol–water partition coefficient (Wildman–Crippen LogP) is 2.45. The van der Waals surface area contributed by atoms with Gasteiger partial charge in [0.1, 0.15) is 0 Å². The van der Waals surface area contributed by atoms with Crippen molar-refractivity contribution in [3.63, 3.8) is 0 Å². The van der Waals surface area contributed by atoms with Crippen molar-refractivity contribution in [2.75, 3.05) is 0 Å². The average molecular weight is 222 g/mol. The zero-order valence-corrected chi connectivity index (χ0v) is 7.34. The Morgan fingerprint density at radius 1 is 1.29 bits per heavy atom. The Labute approximate surface area is 81.2 Å². The Balaban J connectivity index is 2.63. The molecule has 0 fully saturated rings. The standard InChI is InChI=1S/C7H3ClF3N3/c8-14-6-4(2-13-14)1-5(3-12-6)7(9,10)11/h1-3H. The second-order valence-corrected chi connectivity index (χ2v) is 2.96. The number of pyridine rings is 1. The molecule has 2 aromatic heterocycles. The molecule has 0 amide bonds. The number of fused-ring (bicyclic) bond motifs is 1. The maximum Gasteiger partial charge on any atom is 0.417 e. The summed E-state index contributed by atoms with van der Waals surface area (Å²) in [5.41, 5.74) is -0.602. The van der Waals surface area contributed by atoms with Gasteiger partial charge in [0.15, 0.2) is 5.65 Å². The van der Waals surface area contributed by atoms with Crippen molar-refractivity contribution in [3.05, 3.63) is 24.0 Å². The Hall–Kier alpha value is -1.30. The van der Waals surface area contributed by atoms with Crippen LogP contribution in [0.5, 0.6) is 0 Å². The topological polar surface area (TPSA) is 30.7 Å². The Bertz CT molecular complexity index is 476. The zero-order valence-electron chi connectivity index (χ0n) is 6.59. The molecule has 0 atom stereocenters. The minimum atomic E-state index is -4.39. The van der Waals surface area contributed by atoms with Crippen LogP contribution in [0.15, 0.2) is 18.5 Å². The van der Waals surface area contributed by atoms with E-state index in [0.29, 0.717) is 0 Å². The zero-order chi connectivity index (χ0) is 10.3. The number of hydrogen-bond acceptors (Lipinski definition) is 2. The highest BCUT2D eigenvalue weighted by atomic mass is 35.5. The van der Waals surface area contributed by atoms with Crippen LogP contribution in [-0.4, -0.2) is 14.3 Å². The molecular formula is C7H3ClF3N3. The van der Waals surface area contributed by atoms with Crippen molar-refractivity contribution in [2.24, 2.45) is 0 Å². The molecule has 14 heavy (non-hydrogen) atoms. The van der Waals surface area contributed by atoms with E-state index in [1.165, 1.54) is 6.20 Å². The quantitative estimate of drug-likeness (QED) is 0.684. The third-order valence-corrected chi connectivity index (χ3v) is 1.94. The molecule has 0 aliphatic heterocycles. The van der Waals surface area contributed by atoms with E-state index in [4.69, 9.17) is 11.8 Å². The number of nitrogens with zero attached hydrogens (tertiary/aromatic N) is 3. The fourth-order valence-electron chi connectivity index (χ4n) is 1.05. The average Bonchev–Trinajstić information content (AvgIpc) is 2.46. The minimum Gasteiger partial charge on any atom is -0.235 e. The van der Waals surface area contributed by atoms with Crippen LogP contribution >= 0.6 is 11.8 Å².